The lowest BCUT2D eigenvalue weighted by Crippen LogP contribution is -2.28. The molecule has 164 valence electrons. The highest BCUT2D eigenvalue weighted by atomic mass is 32.2. The van der Waals surface area contributed by atoms with E-state index >= 15 is 0 Å². The van der Waals surface area contributed by atoms with Gasteiger partial charge in [0.1, 0.15) is 0 Å². The van der Waals surface area contributed by atoms with E-state index in [0.717, 1.165) is 30.4 Å². The maximum Gasteiger partial charge on any atom is 0.305 e. The van der Waals surface area contributed by atoms with Gasteiger partial charge in [0.25, 0.3) is 0 Å². The summed E-state index contributed by atoms with van der Waals surface area (Å²) in [7, 11) is 0. The van der Waals surface area contributed by atoms with E-state index < -0.39 is 0 Å². The molecule has 0 N–H and O–H groups in total. The Morgan fingerprint density at radius 2 is 1.71 bits per heavy atom. The van der Waals surface area contributed by atoms with Crippen LogP contribution in [0.1, 0.15) is 81.5 Å². The van der Waals surface area contributed by atoms with Gasteiger partial charge in [-0.15, -0.1) is 11.8 Å². The zero-order chi connectivity index (χ0) is 22.1. The lowest BCUT2D eigenvalue weighted by Gasteiger charge is -2.37. The Hall–Kier alpha value is -2.18. The fraction of sp³-hybridized carbons (Fsp3) is 0.464. The summed E-state index contributed by atoms with van der Waals surface area (Å²) in [6, 6.07) is 15.3. The monoisotopic (exact) mass is 434 g/mol. The number of ether oxygens (including phenoxy) is 1. The van der Waals surface area contributed by atoms with Crippen molar-refractivity contribution in [3.8, 4) is 11.8 Å². The average Bonchev–Trinajstić information content (AvgIpc) is 2.81. The first-order valence-electron chi connectivity index (χ1n) is 11.6. The summed E-state index contributed by atoms with van der Waals surface area (Å²) < 4.78 is 4.97. The highest BCUT2D eigenvalue weighted by molar-refractivity contribution is 7.99. The molecule has 0 atom stereocenters. The molecule has 0 bridgehead atoms. The molecular formula is C28H34O2S. The van der Waals surface area contributed by atoms with Crippen molar-refractivity contribution in [1.82, 2.24) is 0 Å². The smallest absolute Gasteiger partial charge is 0.305 e. The summed E-state index contributed by atoms with van der Waals surface area (Å²) in [5.41, 5.74) is 5.25. The summed E-state index contributed by atoms with van der Waals surface area (Å²) in [4.78, 5) is 12.8. The van der Waals surface area contributed by atoms with Crippen molar-refractivity contribution in [2.75, 3.05) is 12.4 Å². The van der Waals surface area contributed by atoms with E-state index in [2.05, 4.69) is 68.2 Å². The molecule has 0 saturated heterocycles. The van der Waals surface area contributed by atoms with Gasteiger partial charge in [0.2, 0.25) is 0 Å². The van der Waals surface area contributed by atoms with Crippen LogP contribution in [0.5, 0.6) is 0 Å². The van der Waals surface area contributed by atoms with Crippen LogP contribution in [0.4, 0.5) is 0 Å². The number of carbonyl (C=O) groups excluding carboxylic acids is 1. The number of hydrogen-bond acceptors (Lipinski definition) is 3. The highest BCUT2D eigenvalue weighted by Crippen LogP contribution is 2.46. The Balaban J connectivity index is 1.62. The molecule has 0 aromatic heterocycles. The maximum absolute atomic E-state index is 11.4. The van der Waals surface area contributed by atoms with Crippen LogP contribution >= 0.6 is 11.8 Å². The predicted molar refractivity (Wildman–Crippen MR) is 131 cm³/mol. The quantitative estimate of drug-likeness (QED) is 0.256. The van der Waals surface area contributed by atoms with Gasteiger partial charge in [0, 0.05) is 22.4 Å². The van der Waals surface area contributed by atoms with Crippen molar-refractivity contribution < 1.29 is 9.53 Å². The van der Waals surface area contributed by atoms with Crippen LogP contribution in [-0.2, 0) is 21.4 Å². The molecule has 1 aliphatic rings. The minimum atomic E-state index is -0.0935. The number of carbonyl (C=O) groups is 1. The molecular weight excluding hydrogens is 400 g/mol. The molecule has 1 heterocycles. The third kappa shape index (κ3) is 6.17. The molecule has 0 fully saturated rings. The van der Waals surface area contributed by atoms with E-state index in [1.165, 1.54) is 41.0 Å². The minimum absolute atomic E-state index is 0.0935. The largest absolute Gasteiger partial charge is 0.466 e. The van der Waals surface area contributed by atoms with Gasteiger partial charge < -0.3 is 4.74 Å². The van der Waals surface area contributed by atoms with E-state index in [0.29, 0.717) is 18.4 Å². The summed E-state index contributed by atoms with van der Waals surface area (Å²) >= 11 is 1.98. The van der Waals surface area contributed by atoms with Crippen molar-refractivity contribution in [2.24, 2.45) is 0 Å². The summed E-state index contributed by atoms with van der Waals surface area (Å²) in [6.07, 6.45) is 6.99. The number of thioether (sulfide) groups is 1. The van der Waals surface area contributed by atoms with Gasteiger partial charge in [-0.3, -0.25) is 4.79 Å². The molecule has 3 heteroatoms. The number of aryl methyl sites for hydroxylation is 1. The molecule has 1 aliphatic heterocycles. The fourth-order valence-electron chi connectivity index (χ4n) is 4.35. The van der Waals surface area contributed by atoms with E-state index in [1.54, 1.807) is 0 Å². The van der Waals surface area contributed by atoms with Crippen LogP contribution in [0.15, 0.2) is 47.4 Å². The van der Waals surface area contributed by atoms with Crippen molar-refractivity contribution in [3.05, 3.63) is 64.7 Å². The van der Waals surface area contributed by atoms with Crippen LogP contribution in [0.2, 0.25) is 0 Å². The topological polar surface area (TPSA) is 26.3 Å². The van der Waals surface area contributed by atoms with Gasteiger partial charge >= 0.3 is 5.97 Å². The number of benzene rings is 2. The fourth-order valence-corrected chi connectivity index (χ4v) is 5.66. The molecule has 2 aromatic carbocycles. The first-order chi connectivity index (χ1) is 15.1. The molecule has 0 spiro atoms. The number of rotatable bonds is 8. The highest BCUT2D eigenvalue weighted by Gasteiger charge is 2.33. The van der Waals surface area contributed by atoms with Crippen molar-refractivity contribution in [3.63, 3.8) is 0 Å². The second-order valence-electron chi connectivity index (χ2n) is 8.26. The zero-order valence-corrected chi connectivity index (χ0v) is 19.9. The molecule has 0 unspecified atom stereocenters. The van der Waals surface area contributed by atoms with E-state index in [-0.39, 0.29) is 5.97 Å². The summed E-state index contributed by atoms with van der Waals surface area (Å²) in [5.74, 6) is 7.84. The standard InChI is InChI=1S/C28H34O2S/c1-4-28(5-2)19-20-31-26-18-17-24(21-25(26)28)16-15-23-13-11-22(12-14-23)9-7-8-10-27(29)30-6-3/h11-14,17-18,21H,4-10,19-20H2,1-3H3. The second kappa shape index (κ2) is 11.4. The third-order valence-electron chi connectivity index (χ3n) is 6.45. The molecule has 3 rings (SSSR count). The van der Waals surface area contributed by atoms with Crippen molar-refractivity contribution in [1.29, 1.82) is 0 Å². The normalized spacial score (nSPS) is 14.3. The number of hydrogen-bond donors (Lipinski definition) is 0. The van der Waals surface area contributed by atoms with Gasteiger partial charge in [0.15, 0.2) is 0 Å². The van der Waals surface area contributed by atoms with Crippen LogP contribution in [0, 0.1) is 11.8 Å². The first-order valence-corrected chi connectivity index (χ1v) is 12.6. The van der Waals surface area contributed by atoms with Crippen molar-refractivity contribution >= 4 is 17.7 Å². The Bertz CT molecular complexity index is 930. The summed E-state index contributed by atoms with van der Waals surface area (Å²) in [5, 5.41) is 0. The molecule has 0 radical (unpaired) electrons. The van der Waals surface area contributed by atoms with E-state index in [4.69, 9.17) is 4.74 Å². The molecule has 0 saturated carbocycles. The Labute approximate surface area is 192 Å². The molecule has 0 aliphatic carbocycles. The SMILES string of the molecule is CCOC(=O)CCCCc1ccc(C#Cc2ccc3c(c2)C(CC)(CC)CCS3)cc1. The van der Waals surface area contributed by atoms with Crippen molar-refractivity contribution in [2.45, 2.75) is 76.0 Å². The van der Waals surface area contributed by atoms with Gasteiger partial charge in [-0.2, -0.15) is 0 Å². The van der Waals surface area contributed by atoms with Crippen LogP contribution in [0.25, 0.3) is 0 Å². The lowest BCUT2D eigenvalue weighted by molar-refractivity contribution is -0.143. The Kier molecular flexibility index (Phi) is 8.67. The second-order valence-corrected chi connectivity index (χ2v) is 9.39. The van der Waals surface area contributed by atoms with Crippen LogP contribution in [0.3, 0.4) is 0 Å². The Morgan fingerprint density at radius 3 is 2.42 bits per heavy atom. The molecule has 2 aromatic rings. The Morgan fingerprint density at radius 1 is 1.00 bits per heavy atom. The zero-order valence-electron chi connectivity index (χ0n) is 19.1. The molecule has 0 amide bonds. The predicted octanol–water partition coefficient (Wildman–Crippen LogP) is 6.92. The molecule has 2 nitrogen and oxygen atoms in total. The van der Waals surface area contributed by atoms with Crippen LogP contribution in [-0.4, -0.2) is 18.3 Å². The van der Waals surface area contributed by atoms with E-state index in [9.17, 15) is 4.79 Å². The van der Waals surface area contributed by atoms with Crippen LogP contribution < -0.4 is 0 Å². The van der Waals surface area contributed by atoms with E-state index in [1.807, 2.05) is 18.7 Å². The average molecular weight is 435 g/mol. The summed E-state index contributed by atoms with van der Waals surface area (Å²) in [6.45, 7) is 6.94. The van der Waals surface area contributed by atoms with Gasteiger partial charge in [-0.05, 0) is 98.1 Å². The minimum Gasteiger partial charge on any atom is -0.466 e. The molecule has 31 heavy (non-hydrogen) atoms. The number of esters is 1. The number of unbranched alkanes of at least 4 members (excludes halogenated alkanes) is 1. The van der Waals surface area contributed by atoms with Gasteiger partial charge in [0.05, 0.1) is 6.61 Å². The first kappa shape index (κ1) is 23.5. The number of fused-ring (bicyclic) bond motifs is 1. The third-order valence-corrected chi connectivity index (χ3v) is 7.52. The van der Waals surface area contributed by atoms with Gasteiger partial charge in [-0.25, -0.2) is 0 Å². The maximum atomic E-state index is 11.4. The lowest BCUT2D eigenvalue weighted by atomic mass is 9.73. The van der Waals surface area contributed by atoms with Gasteiger partial charge in [-0.1, -0.05) is 37.8 Å².